The fourth-order valence-electron chi connectivity index (χ4n) is 5.19. The van der Waals surface area contributed by atoms with Gasteiger partial charge in [0.15, 0.2) is 0 Å². The van der Waals surface area contributed by atoms with Crippen molar-refractivity contribution in [2.24, 2.45) is 0 Å². The van der Waals surface area contributed by atoms with Gasteiger partial charge < -0.3 is 30.4 Å². The highest BCUT2D eigenvalue weighted by Crippen LogP contribution is 2.31. The van der Waals surface area contributed by atoms with Crippen LogP contribution < -0.4 is 15.4 Å². The minimum Gasteiger partial charge on any atom is -0.477 e. The quantitative estimate of drug-likeness (QED) is 0.101. The average Bonchev–Trinajstić information content (AvgIpc) is 3.50. The van der Waals surface area contributed by atoms with Crippen LogP contribution in [0.1, 0.15) is 73.8 Å². The molecule has 1 aromatic carbocycles. The first kappa shape index (κ1) is 32.9. The number of hydrogen-bond donors (Lipinski definition) is 5. The highest BCUT2D eigenvalue weighted by atomic mass is 32.2. The summed E-state index contributed by atoms with van der Waals surface area (Å²) >= 11 is 1.37. The number of unbranched alkanes of at least 4 members (excludes halogenated alkanes) is 3. The lowest BCUT2D eigenvalue weighted by Crippen LogP contribution is -2.53. The van der Waals surface area contributed by atoms with Crippen LogP contribution in [0.5, 0.6) is 0 Å². The molecule has 2 aromatic rings. The van der Waals surface area contributed by atoms with E-state index in [1.807, 2.05) is 18.2 Å². The highest BCUT2D eigenvalue weighted by Gasteiger charge is 2.36. The van der Waals surface area contributed by atoms with Crippen molar-refractivity contribution in [3.05, 3.63) is 48.2 Å². The Hall–Kier alpha value is -4.00. The molecule has 4 rings (SSSR count). The second kappa shape index (κ2) is 16.2. The molecule has 12 nitrogen and oxygen atoms in total. The third-order valence-electron chi connectivity index (χ3n) is 7.70. The largest absolute Gasteiger partial charge is 0.477 e. The zero-order chi connectivity index (χ0) is 31.5. The van der Waals surface area contributed by atoms with E-state index in [1.54, 1.807) is 12.1 Å². The van der Waals surface area contributed by atoms with E-state index in [-0.39, 0.29) is 37.1 Å². The predicted octanol–water partition coefficient (Wildman–Crippen LogP) is 3.67. The molecule has 2 atom stereocenters. The van der Waals surface area contributed by atoms with Crippen molar-refractivity contribution < 1.29 is 33.8 Å². The van der Waals surface area contributed by atoms with Crippen molar-refractivity contribution in [2.75, 3.05) is 19.7 Å². The van der Waals surface area contributed by atoms with E-state index >= 15 is 0 Å². The molecular formula is C31H41N5O7S. The molecule has 1 saturated carbocycles. The Labute approximate surface area is 260 Å². The van der Waals surface area contributed by atoms with Crippen molar-refractivity contribution >= 4 is 52.6 Å². The topological polar surface area (TPSA) is 170 Å². The summed E-state index contributed by atoms with van der Waals surface area (Å²) in [5.41, 5.74) is 2.07. The van der Waals surface area contributed by atoms with E-state index in [0.717, 1.165) is 55.0 Å². The van der Waals surface area contributed by atoms with Crippen LogP contribution in [0.3, 0.4) is 0 Å². The number of ether oxygens (including phenoxy) is 1. The number of fused-ring (bicyclic) bond motifs is 1. The maximum atomic E-state index is 13.0. The zero-order valence-corrected chi connectivity index (χ0v) is 25.6. The molecule has 2 fully saturated rings. The third kappa shape index (κ3) is 9.50. The number of nitrogens with one attached hydrogen (secondary N) is 4. The molecular weight excluding hydrogens is 586 g/mol. The van der Waals surface area contributed by atoms with Crippen molar-refractivity contribution in [2.45, 2.75) is 81.5 Å². The van der Waals surface area contributed by atoms with Crippen LogP contribution in [0.15, 0.2) is 36.9 Å². The Morgan fingerprint density at radius 1 is 1.14 bits per heavy atom. The summed E-state index contributed by atoms with van der Waals surface area (Å²) in [6.07, 6.45) is 8.59. The molecule has 5 N–H and O–H groups in total. The monoisotopic (exact) mass is 627 g/mol. The van der Waals surface area contributed by atoms with Gasteiger partial charge in [-0.3, -0.25) is 19.1 Å². The minimum atomic E-state index is -0.985. The predicted molar refractivity (Wildman–Crippen MR) is 167 cm³/mol. The molecule has 0 radical (unpaired) electrons. The number of likely N-dealkylation sites (tertiary alicyclic amines) is 1. The first-order valence-electron chi connectivity index (χ1n) is 15.2. The van der Waals surface area contributed by atoms with Crippen LogP contribution in [0, 0.1) is 0 Å². The van der Waals surface area contributed by atoms with Crippen molar-refractivity contribution in [3.63, 3.8) is 0 Å². The summed E-state index contributed by atoms with van der Waals surface area (Å²) in [7, 11) is 0. The molecule has 1 aliphatic heterocycles. The fraction of sp³-hybridized carbons (Fsp3) is 0.516. The Kier molecular flexibility index (Phi) is 12.1. The SMILES string of the molecule is C=CCC(NC(=O)C1CCCN1C(=O)CNC(=O)OCCCCCCc1cccc2[nH]c(C(=O)O)cc12)C(=O)NSC1CC1. The van der Waals surface area contributed by atoms with E-state index in [0.29, 0.717) is 31.1 Å². The number of carboxylic acids is 1. The molecule has 1 aromatic heterocycles. The Morgan fingerprint density at radius 3 is 2.68 bits per heavy atom. The van der Waals surface area contributed by atoms with Crippen LogP contribution >= 0.6 is 11.9 Å². The van der Waals surface area contributed by atoms with Crippen LogP contribution in [0.25, 0.3) is 10.9 Å². The molecule has 13 heteroatoms. The van der Waals surface area contributed by atoms with Gasteiger partial charge in [-0.2, -0.15) is 0 Å². The molecule has 1 aliphatic carbocycles. The lowest BCUT2D eigenvalue weighted by Gasteiger charge is -2.26. The molecule has 238 valence electrons. The summed E-state index contributed by atoms with van der Waals surface area (Å²) < 4.78 is 8.01. The van der Waals surface area contributed by atoms with Gasteiger partial charge in [-0.05, 0) is 81.0 Å². The normalized spacial score (nSPS) is 16.7. The van der Waals surface area contributed by atoms with Crippen LogP contribution in [0.2, 0.25) is 0 Å². The number of rotatable bonds is 17. The van der Waals surface area contributed by atoms with E-state index in [1.165, 1.54) is 16.8 Å². The van der Waals surface area contributed by atoms with Crippen molar-refractivity contribution in [1.82, 2.24) is 25.2 Å². The number of H-pyrrole nitrogens is 1. The number of aromatic carboxylic acids is 1. The lowest BCUT2D eigenvalue weighted by atomic mass is 10.0. The van der Waals surface area contributed by atoms with E-state index in [4.69, 9.17) is 4.74 Å². The number of aryl methyl sites for hydroxylation is 1. The second-order valence-electron chi connectivity index (χ2n) is 11.1. The average molecular weight is 628 g/mol. The first-order chi connectivity index (χ1) is 21.3. The number of aromatic nitrogens is 1. The van der Waals surface area contributed by atoms with E-state index < -0.39 is 30.1 Å². The molecule has 0 spiro atoms. The van der Waals surface area contributed by atoms with Gasteiger partial charge in [0, 0.05) is 22.7 Å². The molecule has 44 heavy (non-hydrogen) atoms. The van der Waals surface area contributed by atoms with Gasteiger partial charge in [0.25, 0.3) is 5.91 Å². The summed E-state index contributed by atoms with van der Waals surface area (Å²) in [6.45, 7) is 4.00. The van der Waals surface area contributed by atoms with Gasteiger partial charge in [0.05, 0.1) is 6.61 Å². The van der Waals surface area contributed by atoms with Crippen LogP contribution in [0.4, 0.5) is 4.79 Å². The number of alkyl carbamates (subject to hydrolysis) is 1. The van der Waals surface area contributed by atoms with Gasteiger partial charge in [0.1, 0.15) is 24.3 Å². The highest BCUT2D eigenvalue weighted by molar-refractivity contribution is 7.98. The summed E-state index contributed by atoms with van der Waals surface area (Å²) in [5, 5.41) is 15.8. The summed E-state index contributed by atoms with van der Waals surface area (Å²) in [5.74, 6) is -2.06. The van der Waals surface area contributed by atoms with Crippen LogP contribution in [-0.4, -0.2) is 81.8 Å². The molecule has 4 amide bonds. The van der Waals surface area contributed by atoms with Crippen molar-refractivity contribution in [3.8, 4) is 0 Å². The number of aromatic amines is 1. The molecule has 2 aliphatic rings. The molecule has 0 bridgehead atoms. The number of amides is 4. The first-order valence-corrected chi connectivity index (χ1v) is 16.1. The van der Waals surface area contributed by atoms with Crippen molar-refractivity contribution in [1.29, 1.82) is 0 Å². The smallest absolute Gasteiger partial charge is 0.407 e. The zero-order valence-electron chi connectivity index (χ0n) is 24.8. The number of nitrogens with zero attached hydrogens (tertiary/aromatic N) is 1. The third-order valence-corrected chi connectivity index (χ3v) is 8.83. The fourth-order valence-corrected chi connectivity index (χ4v) is 5.99. The molecule has 2 heterocycles. The Morgan fingerprint density at radius 2 is 1.93 bits per heavy atom. The number of benzene rings is 1. The maximum Gasteiger partial charge on any atom is 0.407 e. The second-order valence-corrected chi connectivity index (χ2v) is 12.2. The van der Waals surface area contributed by atoms with Crippen LogP contribution in [-0.2, 0) is 25.5 Å². The van der Waals surface area contributed by atoms with Gasteiger partial charge in [-0.15, -0.1) is 6.58 Å². The van der Waals surface area contributed by atoms with Gasteiger partial charge in [-0.25, -0.2) is 9.59 Å². The van der Waals surface area contributed by atoms with E-state index in [9.17, 15) is 29.1 Å². The molecule has 2 unspecified atom stereocenters. The minimum absolute atomic E-state index is 0.173. The molecule has 1 saturated heterocycles. The van der Waals surface area contributed by atoms with Gasteiger partial charge in [-0.1, -0.05) is 31.1 Å². The number of carbonyl (C=O) groups excluding carboxylic acids is 4. The van der Waals surface area contributed by atoms with E-state index in [2.05, 4.69) is 26.9 Å². The lowest BCUT2D eigenvalue weighted by molar-refractivity contribution is -0.138. The maximum absolute atomic E-state index is 13.0. The Bertz CT molecular complexity index is 1360. The van der Waals surface area contributed by atoms with Gasteiger partial charge >= 0.3 is 12.1 Å². The summed E-state index contributed by atoms with van der Waals surface area (Å²) in [4.78, 5) is 66.1. The Balaban J connectivity index is 1.10. The standard InChI is InChI=1S/C31H41N5O7S/c1-2-9-24(28(38)35-44-21-14-15-21)34-29(39)26-13-8-16-36(26)27(37)19-32-31(42)43-17-6-4-3-5-10-20-11-7-12-23-22(20)18-25(33-23)30(40)41/h2,7,11-12,18,21,24,26,33H,1,3-6,8-10,13-17,19H2,(H,32,42)(H,34,39)(H,35,38)(H,40,41). The van der Waals surface area contributed by atoms with Gasteiger partial charge in [0.2, 0.25) is 11.8 Å². The number of hydrogen-bond acceptors (Lipinski definition) is 7. The summed E-state index contributed by atoms with van der Waals surface area (Å²) in [6, 6.07) is 5.96. The number of carboxylic acid groups (broad SMARTS) is 1. The number of carbonyl (C=O) groups is 5.